The molecule has 11 aromatic rings. The van der Waals surface area contributed by atoms with E-state index in [4.69, 9.17) is 0 Å². The molecule has 0 nitrogen and oxygen atoms in total. The normalized spacial score (nSPS) is 7.35. The van der Waals surface area contributed by atoms with Gasteiger partial charge in [0.2, 0.25) is 0 Å². The first-order valence-electron chi connectivity index (χ1n) is 37.0. The van der Waals surface area contributed by atoms with Gasteiger partial charge in [0.15, 0.2) is 0 Å². The summed E-state index contributed by atoms with van der Waals surface area (Å²) >= 11 is 0. The SMILES string of the molecule is CC.CC.CC(C)C.CCC.CCC.CCC.CCC.CCC.CCC.CCC.CCC.c1ccccc1.c1ccccc1.c1ccccc1.c1ccccc1.c1ccccc1.c1ccccc1.c1ccccc1.c1ccccc1.c1ccccc1.c1ccccc1.c1ccccc1. The van der Waals surface area contributed by atoms with Crippen molar-refractivity contribution < 1.29 is 0 Å². The molecular weight excluding hydrogens is 1180 g/mol. The van der Waals surface area contributed by atoms with Crippen molar-refractivity contribution in [3.63, 3.8) is 0 Å². The molecule has 544 valence electrons. The largest absolute Gasteiger partial charge is 0.0683 e. The van der Waals surface area contributed by atoms with Crippen molar-refractivity contribution in [1.82, 2.24) is 0 Å². The third kappa shape index (κ3) is 198. The molecule has 0 bridgehead atoms. The average Bonchev–Trinajstić information content (AvgIpc) is 3.69. The fourth-order valence-electron chi connectivity index (χ4n) is 4.23. The molecule has 0 N–H and O–H groups in total. The molecule has 0 aromatic heterocycles. The predicted octanol–water partition coefficient (Wildman–Crippen LogP) is 33.6. The minimum absolute atomic E-state index is 0.833. The second-order valence-electron chi connectivity index (χ2n) is 20.1. The molecule has 11 aromatic carbocycles. The van der Waals surface area contributed by atoms with Gasteiger partial charge < -0.3 is 0 Å². The molecule has 0 amide bonds. The number of rotatable bonds is 0. The Morgan fingerprint density at radius 1 is 0.102 bits per heavy atom. The Morgan fingerprint density at radius 3 is 0.122 bits per heavy atom. The third-order valence-electron chi connectivity index (χ3n) is 7.33. The molecule has 11 rings (SSSR count). The summed E-state index contributed by atoms with van der Waals surface area (Å²) in [5, 5.41) is 0. The van der Waals surface area contributed by atoms with Crippen molar-refractivity contribution >= 4 is 0 Å². The summed E-state index contributed by atoms with van der Waals surface area (Å²) in [5.41, 5.74) is 0. The fraction of sp³-hybridized carbons (Fsp3) is 0.327. The lowest BCUT2D eigenvalue weighted by Crippen LogP contribution is -1.66. The van der Waals surface area contributed by atoms with Gasteiger partial charge in [0.25, 0.3) is 0 Å². The van der Waals surface area contributed by atoms with E-state index in [-0.39, 0.29) is 0 Å². The quantitative estimate of drug-likeness (QED) is 0.142. The van der Waals surface area contributed by atoms with Gasteiger partial charge in [-0.05, 0) is 5.92 Å². The van der Waals surface area contributed by atoms with Gasteiger partial charge in [0.05, 0.1) is 0 Å². The molecule has 0 heterocycles. The maximum atomic E-state index is 2.17. The Balaban J connectivity index is -0.0000000907. The summed E-state index contributed by atoms with van der Waals surface area (Å²) in [5.74, 6) is 0.833. The molecule has 0 radical (unpaired) electrons. The number of hydrogen-bond acceptors (Lipinski definition) is 0. The molecule has 0 saturated heterocycles. The molecule has 0 spiro atoms. The van der Waals surface area contributed by atoms with Crippen LogP contribution >= 0.6 is 0 Å². The zero-order chi connectivity index (χ0) is 75.9. The topological polar surface area (TPSA) is 0 Å². The highest BCUT2D eigenvalue weighted by atomic mass is 13.8. The second-order valence-corrected chi connectivity index (χ2v) is 20.1. The van der Waals surface area contributed by atoms with Crippen molar-refractivity contribution in [3.8, 4) is 0 Å². The summed E-state index contributed by atoms with van der Waals surface area (Å²) in [4.78, 5) is 0. The van der Waals surface area contributed by atoms with Gasteiger partial charge in [-0.3, -0.25) is 0 Å². The van der Waals surface area contributed by atoms with Crippen LogP contribution in [0.2, 0.25) is 0 Å². The van der Waals surface area contributed by atoms with Gasteiger partial charge >= 0.3 is 0 Å². The van der Waals surface area contributed by atoms with Crippen molar-refractivity contribution in [3.05, 3.63) is 400 Å². The summed E-state index contributed by atoms with van der Waals surface area (Å²) in [6, 6.07) is 132. The predicted molar refractivity (Wildman–Crippen MR) is 462 cm³/mol. The molecule has 0 unspecified atom stereocenters. The Bertz CT molecular complexity index is 1560. The van der Waals surface area contributed by atoms with Crippen LogP contribution in [0, 0.1) is 5.92 Å². The van der Waals surface area contributed by atoms with Crippen LogP contribution in [0.25, 0.3) is 0 Å². The Hall–Kier alpha value is -8.58. The van der Waals surface area contributed by atoms with Gasteiger partial charge in [0, 0.05) is 0 Å². The van der Waals surface area contributed by atoms with Gasteiger partial charge in [0.1, 0.15) is 0 Å². The van der Waals surface area contributed by atoms with Gasteiger partial charge in [-0.1, -0.05) is 611 Å². The summed E-state index contributed by atoms with van der Waals surface area (Å²) < 4.78 is 0. The van der Waals surface area contributed by atoms with E-state index in [1.54, 1.807) is 0 Å². The lowest BCUT2D eigenvalue weighted by molar-refractivity contribution is 0.737. The standard InChI is InChI=1S/11C6H6.C4H10.8C3H8.2C2H6/c11*1-2-4-6-5-3-1;1-4(2)3;8*1-3-2;2*1-2/h11*1-6H;4H,1-3H3;8*3H2,1-2H3;2*1-2H3. The Morgan fingerprint density at radius 2 is 0.112 bits per heavy atom. The van der Waals surface area contributed by atoms with Crippen molar-refractivity contribution in [2.24, 2.45) is 5.92 Å². The van der Waals surface area contributed by atoms with Gasteiger partial charge in [-0.25, -0.2) is 0 Å². The first-order valence-corrected chi connectivity index (χ1v) is 37.0. The summed E-state index contributed by atoms with van der Waals surface area (Å²) in [7, 11) is 0. The van der Waals surface area contributed by atoms with E-state index in [1.807, 2.05) is 428 Å². The van der Waals surface area contributed by atoms with Crippen LogP contribution in [-0.4, -0.2) is 0 Å². The van der Waals surface area contributed by atoms with Crippen molar-refractivity contribution in [1.29, 1.82) is 0 Å². The van der Waals surface area contributed by atoms with E-state index in [2.05, 4.69) is 132 Å². The number of hydrogen-bond donors (Lipinski definition) is 0. The molecular formula is C98H152. The van der Waals surface area contributed by atoms with Crippen LogP contribution < -0.4 is 0 Å². The van der Waals surface area contributed by atoms with Gasteiger partial charge in [-0.15, -0.1) is 0 Å². The molecule has 0 aliphatic heterocycles. The molecule has 0 aliphatic carbocycles. The zero-order valence-electron chi connectivity index (χ0n) is 67.3. The molecule has 0 heteroatoms. The fourth-order valence-corrected chi connectivity index (χ4v) is 4.23. The number of benzene rings is 11. The first-order chi connectivity index (χ1) is 48.0. The molecule has 0 fully saturated rings. The monoisotopic (exact) mass is 1330 g/mol. The van der Waals surface area contributed by atoms with E-state index in [0.717, 1.165) is 5.92 Å². The van der Waals surface area contributed by atoms with Crippen LogP contribution in [-0.2, 0) is 0 Å². The van der Waals surface area contributed by atoms with Crippen molar-refractivity contribution in [2.75, 3.05) is 0 Å². The highest BCUT2D eigenvalue weighted by Crippen LogP contribution is 1.87. The van der Waals surface area contributed by atoms with E-state index < -0.39 is 0 Å². The highest BCUT2D eigenvalue weighted by molar-refractivity contribution is 5.05. The molecule has 0 saturated carbocycles. The van der Waals surface area contributed by atoms with E-state index in [9.17, 15) is 0 Å². The maximum absolute atomic E-state index is 2.17. The molecule has 0 aliphatic rings. The highest BCUT2D eigenvalue weighted by Gasteiger charge is 1.68. The second kappa shape index (κ2) is 144. The molecule has 98 heavy (non-hydrogen) atoms. The van der Waals surface area contributed by atoms with Crippen LogP contribution in [0.5, 0.6) is 0 Å². The van der Waals surface area contributed by atoms with Crippen LogP contribution in [0.15, 0.2) is 400 Å². The average molecular weight is 1330 g/mol. The lowest BCUT2D eigenvalue weighted by atomic mass is 10.3. The smallest absolute Gasteiger partial charge is 0.0500 e. The van der Waals surface area contributed by atoms with Crippen molar-refractivity contribution in [2.45, 2.75) is 211 Å². The van der Waals surface area contributed by atoms with E-state index in [1.165, 1.54) is 51.4 Å². The van der Waals surface area contributed by atoms with Crippen LogP contribution in [0.3, 0.4) is 0 Å². The van der Waals surface area contributed by atoms with E-state index >= 15 is 0 Å². The third-order valence-corrected chi connectivity index (χ3v) is 7.33. The summed E-state index contributed by atoms with van der Waals surface area (Å²) in [6.45, 7) is 48.5. The maximum Gasteiger partial charge on any atom is -0.0500 e. The Labute approximate surface area is 613 Å². The van der Waals surface area contributed by atoms with Gasteiger partial charge in [-0.2, -0.15) is 0 Å². The molecule has 0 atom stereocenters. The van der Waals surface area contributed by atoms with E-state index in [0.29, 0.717) is 0 Å². The van der Waals surface area contributed by atoms with Crippen LogP contribution in [0.4, 0.5) is 0 Å². The lowest BCUT2D eigenvalue weighted by Gasteiger charge is -1.79. The minimum atomic E-state index is 0.833. The van der Waals surface area contributed by atoms with Crippen LogP contribution in [0.1, 0.15) is 211 Å². The minimum Gasteiger partial charge on any atom is -0.0683 e. The zero-order valence-corrected chi connectivity index (χ0v) is 67.3. The summed E-state index contributed by atoms with van der Waals surface area (Å²) in [6.07, 6.45) is 10.0. The first kappa shape index (κ1) is 114. The Kier molecular flexibility index (Phi) is 167.